The second kappa shape index (κ2) is 6.02. The van der Waals surface area contributed by atoms with Crippen LogP contribution in [0.25, 0.3) is 0 Å². The maximum absolute atomic E-state index is 13.9. The fraction of sp³-hybridized carbons (Fsp3) is 0.500. The number of halogens is 1. The third-order valence-electron chi connectivity index (χ3n) is 3.54. The SMILES string of the molecule is COCCNC(=O)NC1(c2ccccc2F)CCC1. The molecule has 0 atom stereocenters. The minimum atomic E-state index is -0.553. The summed E-state index contributed by atoms with van der Waals surface area (Å²) in [5, 5.41) is 5.60. The molecule has 1 saturated carbocycles. The molecule has 0 heterocycles. The van der Waals surface area contributed by atoms with E-state index in [1.165, 1.54) is 6.07 Å². The Balaban J connectivity index is 2.03. The molecule has 0 bridgehead atoms. The van der Waals surface area contributed by atoms with Crippen LogP contribution in [0.15, 0.2) is 24.3 Å². The quantitative estimate of drug-likeness (QED) is 0.802. The minimum Gasteiger partial charge on any atom is -0.383 e. The molecule has 1 aliphatic rings. The van der Waals surface area contributed by atoms with Gasteiger partial charge in [0.15, 0.2) is 0 Å². The molecule has 0 spiro atoms. The summed E-state index contributed by atoms with van der Waals surface area (Å²) in [6.45, 7) is 0.899. The molecule has 5 heteroatoms. The molecule has 1 fully saturated rings. The van der Waals surface area contributed by atoms with Gasteiger partial charge in [0, 0.05) is 19.2 Å². The summed E-state index contributed by atoms with van der Waals surface area (Å²) in [5.74, 6) is -0.264. The minimum absolute atomic E-state index is 0.264. The molecule has 104 valence electrons. The van der Waals surface area contributed by atoms with Crippen molar-refractivity contribution in [3.8, 4) is 0 Å². The van der Waals surface area contributed by atoms with Crippen LogP contribution in [-0.2, 0) is 10.3 Å². The van der Waals surface area contributed by atoms with E-state index in [1.54, 1.807) is 25.3 Å². The highest BCUT2D eigenvalue weighted by Crippen LogP contribution is 2.42. The second-order valence-electron chi connectivity index (χ2n) is 4.79. The molecule has 19 heavy (non-hydrogen) atoms. The molecule has 0 aromatic heterocycles. The average Bonchev–Trinajstić information content (AvgIpc) is 2.35. The van der Waals surface area contributed by atoms with E-state index in [0.717, 1.165) is 19.3 Å². The summed E-state index contributed by atoms with van der Waals surface area (Å²) in [6.07, 6.45) is 2.53. The number of carbonyl (C=O) groups is 1. The van der Waals surface area contributed by atoms with E-state index < -0.39 is 5.54 Å². The topological polar surface area (TPSA) is 50.4 Å². The Morgan fingerprint density at radius 3 is 2.74 bits per heavy atom. The highest BCUT2D eigenvalue weighted by atomic mass is 19.1. The summed E-state index contributed by atoms with van der Waals surface area (Å²) in [4.78, 5) is 11.8. The Bertz CT molecular complexity index is 447. The van der Waals surface area contributed by atoms with Crippen molar-refractivity contribution in [1.29, 1.82) is 0 Å². The van der Waals surface area contributed by atoms with Crippen LogP contribution in [0.3, 0.4) is 0 Å². The van der Waals surface area contributed by atoms with Crippen LogP contribution in [0.2, 0.25) is 0 Å². The third-order valence-corrected chi connectivity index (χ3v) is 3.54. The van der Waals surface area contributed by atoms with E-state index in [2.05, 4.69) is 10.6 Å². The van der Waals surface area contributed by atoms with E-state index in [0.29, 0.717) is 18.7 Å². The normalized spacial score (nSPS) is 16.5. The van der Waals surface area contributed by atoms with Crippen molar-refractivity contribution in [1.82, 2.24) is 10.6 Å². The molecule has 2 N–H and O–H groups in total. The van der Waals surface area contributed by atoms with Crippen molar-refractivity contribution in [3.63, 3.8) is 0 Å². The van der Waals surface area contributed by atoms with Gasteiger partial charge in [0.05, 0.1) is 12.1 Å². The Morgan fingerprint density at radius 2 is 2.16 bits per heavy atom. The van der Waals surface area contributed by atoms with Crippen molar-refractivity contribution in [2.24, 2.45) is 0 Å². The number of nitrogens with one attached hydrogen (secondary N) is 2. The van der Waals surface area contributed by atoms with Crippen molar-refractivity contribution in [2.45, 2.75) is 24.8 Å². The van der Waals surface area contributed by atoms with Crippen molar-refractivity contribution < 1.29 is 13.9 Å². The Hall–Kier alpha value is -1.62. The Morgan fingerprint density at radius 1 is 1.42 bits per heavy atom. The van der Waals surface area contributed by atoms with Gasteiger partial charge in [0.1, 0.15) is 5.82 Å². The van der Waals surface area contributed by atoms with E-state index in [-0.39, 0.29) is 11.8 Å². The maximum Gasteiger partial charge on any atom is 0.315 e. The first-order valence-corrected chi connectivity index (χ1v) is 6.48. The lowest BCUT2D eigenvalue weighted by Gasteiger charge is -2.43. The number of rotatable bonds is 5. The number of carbonyl (C=O) groups excluding carboxylic acids is 1. The lowest BCUT2D eigenvalue weighted by atomic mass is 9.71. The van der Waals surface area contributed by atoms with Gasteiger partial charge >= 0.3 is 6.03 Å². The van der Waals surface area contributed by atoms with Gasteiger partial charge in [-0.25, -0.2) is 9.18 Å². The summed E-state index contributed by atoms with van der Waals surface area (Å²) in [7, 11) is 1.58. The van der Waals surface area contributed by atoms with Gasteiger partial charge in [0.2, 0.25) is 0 Å². The summed E-state index contributed by atoms with van der Waals surface area (Å²) in [5.41, 5.74) is 0.0193. The van der Waals surface area contributed by atoms with E-state index in [9.17, 15) is 9.18 Å². The van der Waals surface area contributed by atoms with Crippen LogP contribution in [-0.4, -0.2) is 26.3 Å². The maximum atomic E-state index is 13.9. The smallest absolute Gasteiger partial charge is 0.315 e. The first-order chi connectivity index (χ1) is 9.18. The first-order valence-electron chi connectivity index (χ1n) is 6.48. The number of benzene rings is 1. The number of methoxy groups -OCH3 is 1. The molecule has 0 aliphatic heterocycles. The Labute approximate surface area is 112 Å². The fourth-order valence-corrected chi connectivity index (χ4v) is 2.37. The number of hydrogen-bond acceptors (Lipinski definition) is 2. The zero-order valence-electron chi connectivity index (χ0n) is 11.0. The summed E-state index contributed by atoms with van der Waals surface area (Å²) >= 11 is 0. The van der Waals surface area contributed by atoms with Gasteiger partial charge in [-0.3, -0.25) is 0 Å². The highest BCUT2D eigenvalue weighted by molar-refractivity contribution is 5.75. The molecule has 0 saturated heterocycles. The largest absolute Gasteiger partial charge is 0.383 e. The van der Waals surface area contributed by atoms with Crippen LogP contribution in [0.1, 0.15) is 24.8 Å². The summed E-state index contributed by atoms with van der Waals surface area (Å²) in [6, 6.07) is 6.34. The van der Waals surface area contributed by atoms with Crippen LogP contribution >= 0.6 is 0 Å². The molecular weight excluding hydrogens is 247 g/mol. The molecule has 1 aromatic carbocycles. The third kappa shape index (κ3) is 3.04. The molecule has 2 amide bonds. The summed E-state index contributed by atoms with van der Waals surface area (Å²) < 4.78 is 18.7. The van der Waals surface area contributed by atoms with Crippen molar-refractivity contribution in [2.75, 3.05) is 20.3 Å². The lowest BCUT2D eigenvalue weighted by molar-refractivity contribution is 0.167. The van der Waals surface area contributed by atoms with Crippen LogP contribution in [0.5, 0.6) is 0 Å². The first kappa shape index (κ1) is 13.8. The monoisotopic (exact) mass is 266 g/mol. The zero-order valence-corrected chi connectivity index (χ0v) is 11.0. The van der Waals surface area contributed by atoms with Crippen LogP contribution in [0, 0.1) is 5.82 Å². The molecule has 1 aromatic rings. The number of urea groups is 1. The molecule has 1 aliphatic carbocycles. The van der Waals surface area contributed by atoms with E-state index in [1.807, 2.05) is 0 Å². The fourth-order valence-electron chi connectivity index (χ4n) is 2.37. The average molecular weight is 266 g/mol. The van der Waals surface area contributed by atoms with Gasteiger partial charge in [-0.2, -0.15) is 0 Å². The Kier molecular flexibility index (Phi) is 4.37. The van der Waals surface area contributed by atoms with Gasteiger partial charge in [-0.05, 0) is 25.3 Å². The standard InChI is InChI=1S/C14H19FN2O2/c1-19-10-9-16-13(18)17-14(7-4-8-14)11-5-2-3-6-12(11)15/h2-3,5-6H,4,7-10H2,1H3,(H2,16,17,18). The van der Waals surface area contributed by atoms with E-state index in [4.69, 9.17) is 4.74 Å². The zero-order chi connectivity index (χ0) is 13.7. The van der Waals surface area contributed by atoms with Gasteiger partial charge in [-0.1, -0.05) is 18.2 Å². The molecular formula is C14H19FN2O2. The van der Waals surface area contributed by atoms with Crippen molar-refractivity contribution >= 4 is 6.03 Å². The van der Waals surface area contributed by atoms with Crippen LogP contribution in [0.4, 0.5) is 9.18 Å². The van der Waals surface area contributed by atoms with Gasteiger partial charge < -0.3 is 15.4 Å². The van der Waals surface area contributed by atoms with Gasteiger partial charge in [0.25, 0.3) is 0 Å². The van der Waals surface area contributed by atoms with E-state index >= 15 is 0 Å². The van der Waals surface area contributed by atoms with Gasteiger partial charge in [-0.15, -0.1) is 0 Å². The number of hydrogen-bond donors (Lipinski definition) is 2. The predicted molar refractivity (Wildman–Crippen MR) is 70.3 cm³/mol. The number of ether oxygens (including phenoxy) is 1. The highest BCUT2D eigenvalue weighted by Gasteiger charge is 2.41. The number of amides is 2. The second-order valence-corrected chi connectivity index (χ2v) is 4.79. The molecule has 2 rings (SSSR count). The van der Waals surface area contributed by atoms with Crippen molar-refractivity contribution in [3.05, 3.63) is 35.6 Å². The lowest BCUT2D eigenvalue weighted by Crippen LogP contribution is -2.54. The molecule has 4 nitrogen and oxygen atoms in total. The molecule has 0 unspecified atom stereocenters. The molecule has 0 radical (unpaired) electrons. The van der Waals surface area contributed by atoms with Crippen LogP contribution < -0.4 is 10.6 Å². The predicted octanol–water partition coefficient (Wildman–Crippen LogP) is 2.15.